The van der Waals surface area contributed by atoms with E-state index in [1.807, 2.05) is 19.9 Å². The van der Waals surface area contributed by atoms with Crippen LogP contribution in [0.2, 0.25) is 0 Å². The van der Waals surface area contributed by atoms with Crippen molar-refractivity contribution in [3.05, 3.63) is 59.0 Å². The maximum absolute atomic E-state index is 12.3. The second-order valence-corrected chi connectivity index (χ2v) is 7.21. The Morgan fingerprint density at radius 2 is 1.75 bits per heavy atom. The van der Waals surface area contributed by atoms with E-state index < -0.39 is 0 Å². The van der Waals surface area contributed by atoms with Crippen molar-refractivity contribution >= 4 is 17.7 Å². The first-order valence-corrected chi connectivity index (χ1v) is 9.39. The maximum Gasteiger partial charge on any atom is 0.257 e. The van der Waals surface area contributed by atoms with Crippen LogP contribution in [-0.2, 0) is 4.79 Å². The minimum atomic E-state index is -0.262. The minimum Gasteiger partial charge on any atom is -0.472 e. The highest BCUT2D eigenvalue weighted by atomic mass is 16.3. The van der Waals surface area contributed by atoms with Gasteiger partial charge in [-0.05, 0) is 44.9 Å². The third-order valence-corrected chi connectivity index (χ3v) is 4.81. The lowest BCUT2D eigenvalue weighted by Crippen LogP contribution is -2.48. The van der Waals surface area contributed by atoms with E-state index in [0.717, 1.165) is 11.1 Å². The summed E-state index contributed by atoms with van der Waals surface area (Å²) in [5.74, 6) is -0.543. The molecule has 0 aliphatic carbocycles. The van der Waals surface area contributed by atoms with Gasteiger partial charge in [-0.2, -0.15) is 0 Å². The molecule has 1 aliphatic heterocycles. The van der Waals surface area contributed by atoms with Gasteiger partial charge in [-0.1, -0.05) is 17.2 Å². The van der Waals surface area contributed by atoms with Crippen LogP contribution in [0.5, 0.6) is 0 Å². The largest absolute Gasteiger partial charge is 0.472 e. The molecule has 2 N–H and O–H groups in total. The number of hydrogen-bond donors (Lipinski definition) is 2. The highest BCUT2D eigenvalue weighted by molar-refractivity contribution is 5.97. The van der Waals surface area contributed by atoms with Crippen molar-refractivity contribution in [3.63, 3.8) is 0 Å². The predicted octanol–water partition coefficient (Wildman–Crippen LogP) is 2.05. The van der Waals surface area contributed by atoms with Gasteiger partial charge < -0.3 is 20.0 Å². The maximum atomic E-state index is 12.3. The van der Waals surface area contributed by atoms with Crippen LogP contribution in [-0.4, -0.2) is 48.3 Å². The number of likely N-dealkylation sites (tertiary alicyclic amines) is 1. The van der Waals surface area contributed by atoms with Crippen LogP contribution in [0.1, 0.15) is 44.7 Å². The third-order valence-electron chi connectivity index (χ3n) is 4.81. The van der Waals surface area contributed by atoms with E-state index >= 15 is 0 Å². The van der Waals surface area contributed by atoms with Crippen molar-refractivity contribution < 1.29 is 18.8 Å². The molecule has 28 heavy (non-hydrogen) atoms. The summed E-state index contributed by atoms with van der Waals surface area (Å²) in [5.41, 5.74) is 3.10. The number of benzene rings is 1. The zero-order valence-electron chi connectivity index (χ0n) is 16.2. The van der Waals surface area contributed by atoms with Crippen LogP contribution >= 0.6 is 0 Å². The molecule has 0 bridgehead atoms. The summed E-state index contributed by atoms with van der Waals surface area (Å²) in [7, 11) is 0. The molecule has 7 nitrogen and oxygen atoms in total. The Bertz CT molecular complexity index is 832. The monoisotopic (exact) mass is 383 g/mol. The average Bonchev–Trinajstić information content (AvgIpc) is 3.20. The Kier molecular flexibility index (Phi) is 6.13. The van der Waals surface area contributed by atoms with Crippen LogP contribution in [0.15, 0.2) is 41.2 Å². The second-order valence-electron chi connectivity index (χ2n) is 7.21. The fourth-order valence-electron chi connectivity index (χ4n) is 3.44. The quantitative estimate of drug-likeness (QED) is 0.827. The number of amides is 3. The molecule has 0 atom stereocenters. The number of piperidine rings is 1. The highest BCUT2D eigenvalue weighted by Crippen LogP contribution is 2.14. The molecule has 2 aromatic rings. The molecule has 0 saturated carbocycles. The molecule has 7 heteroatoms. The van der Waals surface area contributed by atoms with Crippen molar-refractivity contribution in [1.82, 2.24) is 15.5 Å². The Morgan fingerprint density at radius 1 is 1.07 bits per heavy atom. The van der Waals surface area contributed by atoms with E-state index in [0.29, 0.717) is 37.1 Å². The zero-order chi connectivity index (χ0) is 20.1. The SMILES string of the molecule is Cc1cc(C)cc(C(=O)NCC(=O)NC2CCN(C(=O)c3ccoc3)CC2)c1. The molecule has 1 fully saturated rings. The average molecular weight is 383 g/mol. The van der Waals surface area contributed by atoms with E-state index in [4.69, 9.17) is 4.42 Å². The first kappa shape index (κ1) is 19.7. The molecule has 3 amide bonds. The summed E-state index contributed by atoms with van der Waals surface area (Å²) in [5, 5.41) is 5.59. The van der Waals surface area contributed by atoms with Crippen LogP contribution in [0.25, 0.3) is 0 Å². The normalized spacial score (nSPS) is 14.6. The summed E-state index contributed by atoms with van der Waals surface area (Å²) in [6.07, 6.45) is 4.28. The van der Waals surface area contributed by atoms with Crippen molar-refractivity contribution in [2.24, 2.45) is 0 Å². The van der Waals surface area contributed by atoms with E-state index in [1.165, 1.54) is 12.5 Å². The Hall–Kier alpha value is -3.09. The molecule has 2 heterocycles. The van der Waals surface area contributed by atoms with E-state index in [-0.39, 0.29) is 30.3 Å². The number of carbonyl (C=O) groups is 3. The van der Waals surface area contributed by atoms with Crippen LogP contribution in [0.3, 0.4) is 0 Å². The number of furan rings is 1. The lowest BCUT2D eigenvalue weighted by molar-refractivity contribution is -0.121. The van der Waals surface area contributed by atoms with Crippen LogP contribution in [0, 0.1) is 13.8 Å². The summed E-state index contributed by atoms with van der Waals surface area (Å²) in [6, 6.07) is 7.24. The smallest absolute Gasteiger partial charge is 0.257 e. The van der Waals surface area contributed by atoms with Crippen LogP contribution < -0.4 is 10.6 Å². The number of aryl methyl sites for hydroxylation is 2. The molecule has 1 saturated heterocycles. The number of hydrogen-bond acceptors (Lipinski definition) is 4. The number of carbonyl (C=O) groups excluding carboxylic acids is 3. The molecule has 0 unspecified atom stereocenters. The topological polar surface area (TPSA) is 91.7 Å². The van der Waals surface area contributed by atoms with Gasteiger partial charge in [0, 0.05) is 24.7 Å². The van der Waals surface area contributed by atoms with Gasteiger partial charge in [0.1, 0.15) is 6.26 Å². The minimum absolute atomic E-state index is 0.000911. The zero-order valence-corrected chi connectivity index (χ0v) is 16.2. The lowest BCUT2D eigenvalue weighted by Gasteiger charge is -2.32. The predicted molar refractivity (Wildman–Crippen MR) is 104 cm³/mol. The van der Waals surface area contributed by atoms with Gasteiger partial charge in [0.25, 0.3) is 11.8 Å². The Balaban J connectivity index is 1.42. The number of nitrogens with one attached hydrogen (secondary N) is 2. The Labute approximate surface area is 164 Å². The third kappa shape index (κ3) is 5.00. The molecule has 3 rings (SSSR count). The molecule has 0 spiro atoms. The van der Waals surface area contributed by atoms with E-state index in [1.54, 1.807) is 23.1 Å². The number of nitrogens with zero attached hydrogens (tertiary/aromatic N) is 1. The summed E-state index contributed by atoms with van der Waals surface area (Å²) < 4.78 is 4.95. The van der Waals surface area contributed by atoms with Gasteiger partial charge in [-0.3, -0.25) is 14.4 Å². The summed E-state index contributed by atoms with van der Waals surface area (Å²) in [4.78, 5) is 38.4. The Morgan fingerprint density at radius 3 is 2.36 bits per heavy atom. The highest BCUT2D eigenvalue weighted by Gasteiger charge is 2.25. The first-order chi connectivity index (χ1) is 13.4. The standard InChI is InChI=1S/C21H25N3O4/c1-14-9-15(2)11-17(10-14)20(26)22-12-19(25)23-18-3-6-24(7-4-18)21(27)16-5-8-28-13-16/h5,8-11,13,18H,3-4,6-7,12H2,1-2H3,(H,22,26)(H,23,25). The van der Waals surface area contributed by atoms with Gasteiger partial charge in [-0.15, -0.1) is 0 Å². The lowest BCUT2D eigenvalue weighted by atomic mass is 10.0. The fraction of sp³-hybridized carbons (Fsp3) is 0.381. The van der Waals surface area contributed by atoms with Crippen molar-refractivity contribution in [2.75, 3.05) is 19.6 Å². The summed E-state index contributed by atoms with van der Waals surface area (Å²) in [6.45, 7) is 4.94. The van der Waals surface area contributed by atoms with Gasteiger partial charge in [0.15, 0.2) is 0 Å². The molecular weight excluding hydrogens is 358 g/mol. The second kappa shape index (κ2) is 8.73. The molecule has 1 aliphatic rings. The van der Waals surface area contributed by atoms with Crippen molar-refractivity contribution in [1.29, 1.82) is 0 Å². The molecular formula is C21H25N3O4. The van der Waals surface area contributed by atoms with Crippen molar-refractivity contribution in [2.45, 2.75) is 32.7 Å². The van der Waals surface area contributed by atoms with Crippen LogP contribution in [0.4, 0.5) is 0 Å². The molecule has 1 aromatic carbocycles. The van der Waals surface area contributed by atoms with Gasteiger partial charge in [0.05, 0.1) is 18.4 Å². The molecule has 0 radical (unpaired) electrons. The summed E-state index contributed by atoms with van der Waals surface area (Å²) >= 11 is 0. The molecule has 148 valence electrons. The van der Waals surface area contributed by atoms with Crippen molar-refractivity contribution in [3.8, 4) is 0 Å². The first-order valence-electron chi connectivity index (χ1n) is 9.39. The van der Waals surface area contributed by atoms with E-state index in [2.05, 4.69) is 10.6 Å². The molecule has 1 aromatic heterocycles. The fourth-order valence-corrected chi connectivity index (χ4v) is 3.44. The van der Waals surface area contributed by atoms with Gasteiger partial charge in [-0.25, -0.2) is 0 Å². The van der Waals surface area contributed by atoms with Gasteiger partial charge >= 0.3 is 0 Å². The van der Waals surface area contributed by atoms with Gasteiger partial charge in [0.2, 0.25) is 5.91 Å². The number of rotatable bonds is 5. The van der Waals surface area contributed by atoms with E-state index in [9.17, 15) is 14.4 Å².